The summed E-state index contributed by atoms with van der Waals surface area (Å²) in [5, 5.41) is 2.48. The first kappa shape index (κ1) is 17.1. The zero-order valence-electron chi connectivity index (χ0n) is 15.6. The molecule has 2 aliphatic rings. The van der Waals surface area contributed by atoms with E-state index in [1.54, 1.807) is 0 Å². The van der Waals surface area contributed by atoms with Crippen molar-refractivity contribution in [3.63, 3.8) is 0 Å². The van der Waals surface area contributed by atoms with Gasteiger partial charge < -0.3 is 9.47 Å². The lowest BCUT2D eigenvalue weighted by Crippen LogP contribution is -2.57. The number of benzene rings is 2. The Kier molecular flexibility index (Phi) is 4.23. The molecule has 0 aromatic heterocycles. The predicted octanol–water partition coefficient (Wildman–Crippen LogP) is 4.63. The largest absolute Gasteiger partial charge is 0.444 e. The van der Waals surface area contributed by atoms with E-state index in [-0.39, 0.29) is 18.2 Å². The number of rotatable bonds is 1. The Morgan fingerprint density at radius 1 is 1.12 bits per heavy atom. The molecular formula is C22H25NO3. The SMILES string of the molecule is CC(C)(C)OC(=O)N1C2C=C(c3ccc4ccccc4c3)CC1COC2. The molecule has 2 heterocycles. The summed E-state index contributed by atoms with van der Waals surface area (Å²) in [5.41, 5.74) is 2.02. The molecule has 4 heteroatoms. The maximum atomic E-state index is 12.7. The van der Waals surface area contributed by atoms with Crippen molar-refractivity contribution >= 4 is 22.4 Å². The molecule has 0 aliphatic carbocycles. The van der Waals surface area contributed by atoms with Crippen LogP contribution < -0.4 is 0 Å². The Balaban J connectivity index is 1.64. The van der Waals surface area contributed by atoms with Gasteiger partial charge in [-0.25, -0.2) is 4.79 Å². The zero-order valence-corrected chi connectivity index (χ0v) is 15.6. The summed E-state index contributed by atoms with van der Waals surface area (Å²) in [7, 11) is 0. The third-order valence-electron chi connectivity index (χ3n) is 4.92. The first-order valence-corrected chi connectivity index (χ1v) is 9.20. The standard InChI is InChI=1S/C22H25NO3/c1-22(2,3)26-21(24)23-19-11-18(12-20(23)14-25-13-19)17-9-8-15-6-4-5-7-16(15)10-17/h4-11,19-20H,12-14H2,1-3H3. The molecule has 1 saturated heterocycles. The van der Waals surface area contributed by atoms with Gasteiger partial charge in [-0.3, -0.25) is 4.90 Å². The van der Waals surface area contributed by atoms with Crippen molar-refractivity contribution < 1.29 is 14.3 Å². The molecule has 1 fully saturated rings. The number of nitrogens with zero attached hydrogens (tertiary/aromatic N) is 1. The maximum absolute atomic E-state index is 12.7. The normalized spacial score (nSPS) is 22.9. The number of fused-ring (bicyclic) bond motifs is 3. The van der Waals surface area contributed by atoms with Crippen LogP contribution in [0.25, 0.3) is 16.3 Å². The minimum Gasteiger partial charge on any atom is -0.444 e. The molecule has 2 unspecified atom stereocenters. The molecule has 2 aromatic rings. The van der Waals surface area contributed by atoms with E-state index in [0.29, 0.717) is 13.2 Å². The highest BCUT2D eigenvalue weighted by Crippen LogP contribution is 2.34. The highest BCUT2D eigenvalue weighted by Gasteiger charge is 2.40. The topological polar surface area (TPSA) is 38.8 Å². The van der Waals surface area contributed by atoms with Gasteiger partial charge in [-0.15, -0.1) is 0 Å². The van der Waals surface area contributed by atoms with E-state index in [4.69, 9.17) is 9.47 Å². The van der Waals surface area contributed by atoms with Gasteiger partial charge in [0.05, 0.1) is 25.3 Å². The van der Waals surface area contributed by atoms with Gasteiger partial charge in [0.25, 0.3) is 0 Å². The van der Waals surface area contributed by atoms with Crippen molar-refractivity contribution in [2.24, 2.45) is 0 Å². The van der Waals surface area contributed by atoms with E-state index >= 15 is 0 Å². The molecule has 0 N–H and O–H groups in total. The molecule has 0 saturated carbocycles. The molecule has 1 amide bonds. The van der Waals surface area contributed by atoms with Gasteiger partial charge in [0.1, 0.15) is 5.60 Å². The van der Waals surface area contributed by atoms with Crippen LogP contribution in [0, 0.1) is 0 Å². The first-order chi connectivity index (χ1) is 12.4. The van der Waals surface area contributed by atoms with Crippen LogP contribution in [0.15, 0.2) is 48.5 Å². The van der Waals surface area contributed by atoms with Crippen LogP contribution >= 0.6 is 0 Å². The van der Waals surface area contributed by atoms with Gasteiger partial charge in [0.15, 0.2) is 0 Å². The summed E-state index contributed by atoms with van der Waals surface area (Å²) in [4.78, 5) is 14.5. The lowest BCUT2D eigenvalue weighted by atomic mass is 9.89. The maximum Gasteiger partial charge on any atom is 0.411 e. The molecule has 2 aliphatic heterocycles. The van der Waals surface area contributed by atoms with Crippen LogP contribution in [0.5, 0.6) is 0 Å². The van der Waals surface area contributed by atoms with E-state index in [2.05, 4.69) is 48.5 Å². The summed E-state index contributed by atoms with van der Waals surface area (Å²) in [6.45, 7) is 6.78. The van der Waals surface area contributed by atoms with Crippen LogP contribution in [-0.4, -0.2) is 41.9 Å². The fraction of sp³-hybridized carbons (Fsp3) is 0.409. The lowest BCUT2D eigenvalue weighted by Gasteiger charge is -2.44. The van der Waals surface area contributed by atoms with Gasteiger partial charge in [-0.1, -0.05) is 42.5 Å². The minimum atomic E-state index is -0.491. The third-order valence-corrected chi connectivity index (χ3v) is 4.92. The molecular weight excluding hydrogens is 326 g/mol. The summed E-state index contributed by atoms with van der Waals surface area (Å²) in [6.07, 6.45) is 2.71. The molecule has 0 radical (unpaired) electrons. The monoisotopic (exact) mass is 351 g/mol. The summed E-state index contributed by atoms with van der Waals surface area (Å²) >= 11 is 0. The van der Waals surface area contributed by atoms with Crippen LogP contribution in [0.4, 0.5) is 4.79 Å². The van der Waals surface area contributed by atoms with Crippen LogP contribution in [0.3, 0.4) is 0 Å². The van der Waals surface area contributed by atoms with Crippen molar-refractivity contribution in [3.8, 4) is 0 Å². The van der Waals surface area contributed by atoms with E-state index < -0.39 is 5.60 Å². The fourth-order valence-electron chi connectivity index (χ4n) is 3.80. The molecule has 2 aromatic carbocycles. The molecule has 4 nitrogen and oxygen atoms in total. The molecule has 4 rings (SSSR count). The van der Waals surface area contributed by atoms with Crippen molar-refractivity contribution in [3.05, 3.63) is 54.1 Å². The van der Waals surface area contributed by atoms with Gasteiger partial charge in [-0.2, -0.15) is 0 Å². The van der Waals surface area contributed by atoms with Crippen molar-refractivity contribution in [2.75, 3.05) is 13.2 Å². The molecule has 2 bridgehead atoms. The fourth-order valence-corrected chi connectivity index (χ4v) is 3.80. The van der Waals surface area contributed by atoms with Crippen molar-refractivity contribution in [1.29, 1.82) is 0 Å². The number of ether oxygens (including phenoxy) is 2. The number of carbonyl (C=O) groups excluding carboxylic acids is 1. The van der Waals surface area contributed by atoms with Gasteiger partial charge in [0.2, 0.25) is 0 Å². The molecule has 136 valence electrons. The number of carbonyl (C=O) groups is 1. The van der Waals surface area contributed by atoms with E-state index in [1.165, 1.54) is 21.9 Å². The number of morpholine rings is 1. The molecule has 26 heavy (non-hydrogen) atoms. The second-order valence-corrected chi connectivity index (χ2v) is 8.10. The Morgan fingerprint density at radius 2 is 1.88 bits per heavy atom. The average molecular weight is 351 g/mol. The minimum absolute atomic E-state index is 0.0232. The smallest absolute Gasteiger partial charge is 0.411 e. The number of amides is 1. The number of hydrogen-bond donors (Lipinski definition) is 0. The zero-order chi connectivity index (χ0) is 18.3. The Hall–Kier alpha value is -2.33. The Morgan fingerprint density at radius 3 is 2.62 bits per heavy atom. The van der Waals surface area contributed by atoms with Gasteiger partial charge in [-0.05, 0) is 55.2 Å². The van der Waals surface area contributed by atoms with Crippen LogP contribution in [0.2, 0.25) is 0 Å². The third kappa shape index (κ3) is 3.34. The quantitative estimate of drug-likeness (QED) is 0.752. The first-order valence-electron chi connectivity index (χ1n) is 9.20. The van der Waals surface area contributed by atoms with Crippen molar-refractivity contribution in [2.45, 2.75) is 44.9 Å². The Bertz CT molecular complexity index is 865. The summed E-state index contributed by atoms with van der Waals surface area (Å²) < 4.78 is 11.3. The summed E-state index contributed by atoms with van der Waals surface area (Å²) in [6, 6.07) is 14.9. The molecule has 0 spiro atoms. The number of hydrogen-bond acceptors (Lipinski definition) is 3. The van der Waals surface area contributed by atoms with E-state index in [1.807, 2.05) is 25.7 Å². The second kappa shape index (κ2) is 6.44. The van der Waals surface area contributed by atoms with Gasteiger partial charge in [0, 0.05) is 0 Å². The van der Waals surface area contributed by atoms with Crippen LogP contribution in [0.1, 0.15) is 32.8 Å². The summed E-state index contributed by atoms with van der Waals surface area (Å²) in [5.74, 6) is 0. The van der Waals surface area contributed by atoms with Crippen molar-refractivity contribution in [1.82, 2.24) is 4.90 Å². The highest BCUT2D eigenvalue weighted by molar-refractivity contribution is 5.87. The van der Waals surface area contributed by atoms with Crippen LogP contribution in [-0.2, 0) is 9.47 Å². The lowest BCUT2D eigenvalue weighted by molar-refractivity contribution is -0.0510. The Labute approximate surface area is 154 Å². The van der Waals surface area contributed by atoms with Gasteiger partial charge >= 0.3 is 6.09 Å². The van der Waals surface area contributed by atoms with E-state index in [9.17, 15) is 4.79 Å². The average Bonchev–Trinajstić information content (AvgIpc) is 2.58. The highest BCUT2D eigenvalue weighted by atomic mass is 16.6. The molecule has 2 atom stereocenters. The predicted molar refractivity (Wildman–Crippen MR) is 103 cm³/mol. The second-order valence-electron chi connectivity index (χ2n) is 8.10. The van der Waals surface area contributed by atoms with E-state index in [0.717, 1.165) is 6.42 Å².